The Hall–Kier alpha value is -0.820. The van der Waals surface area contributed by atoms with Crippen molar-refractivity contribution in [3.8, 4) is 0 Å². The molecule has 1 aliphatic rings. The van der Waals surface area contributed by atoms with E-state index in [-0.39, 0.29) is 5.41 Å². The Morgan fingerprint density at radius 3 is 2.32 bits per heavy atom. The second kappa shape index (κ2) is 5.66. The van der Waals surface area contributed by atoms with Crippen LogP contribution in [0.25, 0.3) is 0 Å². The normalized spacial score (nSPS) is 24.9. The smallest absolute Gasteiger partial charge is 0.0373 e. The van der Waals surface area contributed by atoms with Gasteiger partial charge in [0, 0.05) is 6.04 Å². The van der Waals surface area contributed by atoms with E-state index >= 15 is 0 Å². The summed E-state index contributed by atoms with van der Waals surface area (Å²) in [6.45, 7) is 10.4. The molecule has 1 aromatic rings. The molecule has 1 aromatic carbocycles. The quantitative estimate of drug-likeness (QED) is 0.755. The second-order valence-corrected chi connectivity index (χ2v) is 7.13. The Labute approximate surface area is 119 Å². The Balaban J connectivity index is 2.20. The number of hydrogen-bond donors (Lipinski definition) is 0. The number of nitrogens with zero attached hydrogens (tertiary/aromatic N) is 1. The van der Waals surface area contributed by atoms with Crippen molar-refractivity contribution in [2.45, 2.75) is 58.4 Å². The van der Waals surface area contributed by atoms with Crippen LogP contribution < -0.4 is 0 Å². The Kier molecular flexibility index (Phi) is 4.35. The van der Waals surface area contributed by atoms with Crippen LogP contribution >= 0.6 is 0 Å². The minimum atomic E-state index is 0.253. The maximum Gasteiger partial charge on any atom is 0.0373 e. The molecule has 1 fully saturated rings. The molecule has 1 heterocycles. The highest BCUT2D eigenvalue weighted by atomic mass is 15.2. The zero-order valence-corrected chi connectivity index (χ0v) is 13.2. The molecule has 0 radical (unpaired) electrons. The summed E-state index contributed by atoms with van der Waals surface area (Å²) in [6.07, 6.45) is 4.02. The molecule has 0 saturated carbocycles. The minimum Gasteiger partial charge on any atom is -0.299 e. The number of likely N-dealkylation sites (tertiary alicyclic amines) is 1. The molecule has 0 amide bonds. The largest absolute Gasteiger partial charge is 0.299 e. The Morgan fingerprint density at radius 1 is 1.16 bits per heavy atom. The van der Waals surface area contributed by atoms with Gasteiger partial charge in [0.1, 0.15) is 0 Å². The van der Waals surface area contributed by atoms with Gasteiger partial charge in [-0.05, 0) is 48.9 Å². The van der Waals surface area contributed by atoms with Gasteiger partial charge >= 0.3 is 0 Å². The van der Waals surface area contributed by atoms with Crippen molar-refractivity contribution in [1.82, 2.24) is 4.90 Å². The minimum absolute atomic E-state index is 0.253. The van der Waals surface area contributed by atoms with Gasteiger partial charge in [-0.15, -0.1) is 0 Å². The lowest BCUT2D eigenvalue weighted by atomic mass is 9.84. The van der Waals surface area contributed by atoms with Crippen LogP contribution in [-0.4, -0.2) is 18.5 Å². The molecule has 19 heavy (non-hydrogen) atoms. The monoisotopic (exact) mass is 259 g/mol. The van der Waals surface area contributed by atoms with E-state index in [1.807, 2.05) is 0 Å². The molecular weight excluding hydrogens is 230 g/mol. The van der Waals surface area contributed by atoms with E-state index in [1.54, 1.807) is 0 Å². The summed E-state index contributed by atoms with van der Waals surface area (Å²) < 4.78 is 0. The number of benzene rings is 1. The molecule has 0 aromatic heterocycles. The Bertz CT molecular complexity index is 397. The van der Waals surface area contributed by atoms with Crippen LogP contribution in [-0.2, 0) is 5.41 Å². The summed E-state index contributed by atoms with van der Waals surface area (Å²) in [5, 5.41) is 0. The van der Waals surface area contributed by atoms with Gasteiger partial charge in [-0.25, -0.2) is 0 Å². The molecule has 2 unspecified atom stereocenters. The molecule has 106 valence electrons. The SMILES string of the molecule is CCCC1CCN(C)C1c1ccc(C(C)(C)C)cc1. The van der Waals surface area contributed by atoms with Crippen molar-refractivity contribution in [2.24, 2.45) is 5.92 Å². The topological polar surface area (TPSA) is 3.24 Å². The lowest BCUT2D eigenvalue weighted by Gasteiger charge is -2.26. The van der Waals surface area contributed by atoms with Crippen molar-refractivity contribution >= 4 is 0 Å². The van der Waals surface area contributed by atoms with Crippen molar-refractivity contribution in [3.05, 3.63) is 35.4 Å². The fourth-order valence-corrected chi connectivity index (χ4v) is 3.41. The molecule has 2 atom stereocenters. The molecule has 1 heteroatoms. The summed E-state index contributed by atoms with van der Waals surface area (Å²) in [5.74, 6) is 0.843. The predicted octanol–water partition coefficient (Wildman–Crippen LogP) is 4.78. The molecule has 0 bridgehead atoms. The van der Waals surface area contributed by atoms with Gasteiger partial charge in [-0.1, -0.05) is 58.4 Å². The number of rotatable bonds is 3. The summed E-state index contributed by atoms with van der Waals surface area (Å²) >= 11 is 0. The van der Waals surface area contributed by atoms with E-state index in [0.717, 1.165) is 5.92 Å². The average Bonchev–Trinajstić information content (AvgIpc) is 2.70. The molecule has 1 nitrogen and oxygen atoms in total. The summed E-state index contributed by atoms with van der Waals surface area (Å²) in [4.78, 5) is 2.53. The van der Waals surface area contributed by atoms with Crippen LogP contribution in [0.5, 0.6) is 0 Å². The summed E-state index contributed by atoms with van der Waals surface area (Å²) in [5.41, 5.74) is 3.19. The molecule has 1 saturated heterocycles. The van der Waals surface area contributed by atoms with Crippen molar-refractivity contribution in [2.75, 3.05) is 13.6 Å². The van der Waals surface area contributed by atoms with E-state index in [0.29, 0.717) is 6.04 Å². The van der Waals surface area contributed by atoms with E-state index in [4.69, 9.17) is 0 Å². The molecule has 0 N–H and O–H groups in total. The lowest BCUT2D eigenvalue weighted by Crippen LogP contribution is -2.21. The highest BCUT2D eigenvalue weighted by Crippen LogP contribution is 2.39. The first kappa shape index (κ1) is 14.6. The highest BCUT2D eigenvalue weighted by molar-refractivity contribution is 5.30. The predicted molar refractivity (Wildman–Crippen MR) is 83.5 cm³/mol. The molecule has 0 spiro atoms. The Morgan fingerprint density at radius 2 is 1.79 bits per heavy atom. The van der Waals surface area contributed by atoms with Gasteiger partial charge in [0.15, 0.2) is 0 Å². The third kappa shape index (κ3) is 3.20. The molecule has 0 aliphatic carbocycles. The maximum absolute atomic E-state index is 2.53. The van der Waals surface area contributed by atoms with E-state index in [9.17, 15) is 0 Å². The van der Waals surface area contributed by atoms with Gasteiger partial charge in [-0.3, -0.25) is 4.90 Å². The first-order valence-electron chi connectivity index (χ1n) is 7.74. The van der Waals surface area contributed by atoms with Crippen molar-refractivity contribution in [3.63, 3.8) is 0 Å². The third-order valence-corrected chi connectivity index (χ3v) is 4.55. The van der Waals surface area contributed by atoms with Crippen LogP contribution in [0.1, 0.15) is 64.1 Å². The van der Waals surface area contributed by atoms with Crippen LogP contribution in [0.2, 0.25) is 0 Å². The van der Waals surface area contributed by atoms with Gasteiger partial charge in [0.2, 0.25) is 0 Å². The van der Waals surface area contributed by atoms with Crippen molar-refractivity contribution < 1.29 is 0 Å². The zero-order chi connectivity index (χ0) is 14.0. The van der Waals surface area contributed by atoms with Gasteiger partial charge in [0.05, 0.1) is 0 Å². The lowest BCUT2D eigenvalue weighted by molar-refractivity contribution is 0.268. The summed E-state index contributed by atoms with van der Waals surface area (Å²) in [7, 11) is 2.28. The second-order valence-electron chi connectivity index (χ2n) is 7.13. The van der Waals surface area contributed by atoms with Crippen LogP contribution in [0.3, 0.4) is 0 Å². The first-order chi connectivity index (χ1) is 8.93. The fraction of sp³-hybridized carbons (Fsp3) is 0.667. The maximum atomic E-state index is 2.53. The van der Waals surface area contributed by atoms with Crippen molar-refractivity contribution in [1.29, 1.82) is 0 Å². The van der Waals surface area contributed by atoms with Gasteiger partial charge in [-0.2, -0.15) is 0 Å². The van der Waals surface area contributed by atoms with E-state index in [1.165, 1.54) is 36.9 Å². The van der Waals surface area contributed by atoms with Crippen LogP contribution in [0.15, 0.2) is 24.3 Å². The van der Waals surface area contributed by atoms with E-state index < -0.39 is 0 Å². The van der Waals surface area contributed by atoms with Gasteiger partial charge in [0.25, 0.3) is 0 Å². The zero-order valence-electron chi connectivity index (χ0n) is 13.2. The highest BCUT2D eigenvalue weighted by Gasteiger charge is 2.32. The van der Waals surface area contributed by atoms with Gasteiger partial charge < -0.3 is 0 Å². The van der Waals surface area contributed by atoms with Crippen LogP contribution in [0.4, 0.5) is 0 Å². The number of hydrogen-bond acceptors (Lipinski definition) is 1. The fourth-order valence-electron chi connectivity index (χ4n) is 3.41. The van der Waals surface area contributed by atoms with Crippen LogP contribution in [0, 0.1) is 5.92 Å². The molecule has 2 rings (SSSR count). The summed E-state index contributed by atoms with van der Waals surface area (Å²) in [6, 6.07) is 9.99. The molecular formula is C18H29N. The first-order valence-corrected chi connectivity index (χ1v) is 7.74. The third-order valence-electron chi connectivity index (χ3n) is 4.55. The molecule has 1 aliphatic heterocycles. The standard InChI is InChI=1S/C18H29N/c1-6-7-14-12-13-19(5)17(14)15-8-10-16(11-9-15)18(2,3)4/h8-11,14,17H,6-7,12-13H2,1-5H3. The van der Waals surface area contributed by atoms with E-state index in [2.05, 4.69) is 63.9 Å². The average molecular weight is 259 g/mol.